The lowest BCUT2D eigenvalue weighted by Crippen LogP contribution is -2.41. The number of benzene rings is 1. The van der Waals surface area contributed by atoms with E-state index in [9.17, 15) is 10.1 Å². The van der Waals surface area contributed by atoms with Crippen LogP contribution in [0.5, 0.6) is 0 Å². The Balaban J connectivity index is 1.79. The van der Waals surface area contributed by atoms with Crippen molar-refractivity contribution in [2.45, 2.75) is 32.6 Å². The van der Waals surface area contributed by atoms with Gasteiger partial charge in [-0.3, -0.25) is 9.78 Å². The summed E-state index contributed by atoms with van der Waals surface area (Å²) in [5.74, 6) is 0.302. The van der Waals surface area contributed by atoms with Gasteiger partial charge in [0.1, 0.15) is 6.07 Å². The highest BCUT2D eigenvalue weighted by molar-refractivity contribution is 6.31. The number of piperidine rings is 1. The van der Waals surface area contributed by atoms with Crippen molar-refractivity contribution in [3.05, 3.63) is 35.0 Å². The summed E-state index contributed by atoms with van der Waals surface area (Å²) in [6.07, 6.45) is 5.34. The second-order valence-corrected chi connectivity index (χ2v) is 7.60. The third kappa shape index (κ3) is 4.17. The van der Waals surface area contributed by atoms with Crippen LogP contribution in [-0.4, -0.2) is 42.5 Å². The van der Waals surface area contributed by atoms with Gasteiger partial charge in [0.05, 0.1) is 16.8 Å². The zero-order chi connectivity index (χ0) is 19.4. The average molecular weight is 385 g/mol. The lowest BCUT2D eigenvalue weighted by atomic mass is 9.94. The van der Waals surface area contributed by atoms with E-state index in [1.807, 2.05) is 30.1 Å². The van der Waals surface area contributed by atoms with E-state index in [-0.39, 0.29) is 11.8 Å². The summed E-state index contributed by atoms with van der Waals surface area (Å²) in [6, 6.07) is 7.81. The number of hydrogen-bond acceptors (Lipinski definition) is 4. The zero-order valence-electron chi connectivity index (χ0n) is 15.9. The number of unbranched alkanes of at least 4 members (excludes halogenated alkanes) is 1. The van der Waals surface area contributed by atoms with E-state index in [1.54, 1.807) is 6.20 Å². The number of fused-ring (bicyclic) bond motifs is 1. The molecule has 0 radical (unpaired) electrons. The monoisotopic (exact) mass is 384 g/mol. The smallest absolute Gasteiger partial charge is 0.225 e. The number of carbonyl (C=O) groups excluding carboxylic acids is 1. The fraction of sp³-hybridized carbons (Fsp3) is 0.476. The molecule has 0 saturated carbocycles. The summed E-state index contributed by atoms with van der Waals surface area (Å²) in [5, 5.41) is 11.1. The number of hydrogen-bond donors (Lipinski definition) is 0. The first-order chi connectivity index (χ1) is 13.0. The Morgan fingerprint density at radius 3 is 2.81 bits per heavy atom. The van der Waals surface area contributed by atoms with Crippen LogP contribution in [0.2, 0.25) is 5.02 Å². The summed E-state index contributed by atoms with van der Waals surface area (Å²) < 4.78 is 0. The molecule has 0 N–H and O–H groups in total. The first kappa shape index (κ1) is 19.4. The topological polar surface area (TPSA) is 60.2 Å². The van der Waals surface area contributed by atoms with Crippen molar-refractivity contribution in [1.29, 1.82) is 5.26 Å². The van der Waals surface area contributed by atoms with Crippen LogP contribution in [0.3, 0.4) is 0 Å². The number of nitrogens with zero attached hydrogens (tertiary/aromatic N) is 4. The standard InChI is InChI=1S/C21H25ClN4O/c1-3-4-9-25(2)21(27)15-7-10-26(11-8-15)20-16(13-23)14-24-19-6-5-17(22)12-18(19)20/h5-6,12,14-15H,3-4,7-11H2,1-2H3. The summed E-state index contributed by atoms with van der Waals surface area (Å²) >= 11 is 6.19. The van der Waals surface area contributed by atoms with Crippen LogP contribution in [0.1, 0.15) is 38.2 Å². The van der Waals surface area contributed by atoms with E-state index in [2.05, 4.69) is 22.9 Å². The Morgan fingerprint density at radius 1 is 1.41 bits per heavy atom. The van der Waals surface area contributed by atoms with Crippen LogP contribution in [-0.2, 0) is 4.79 Å². The molecule has 0 atom stereocenters. The Labute approximate surface area is 165 Å². The number of aromatic nitrogens is 1. The number of pyridine rings is 1. The first-order valence-electron chi connectivity index (χ1n) is 9.53. The molecular weight excluding hydrogens is 360 g/mol. The third-order valence-electron chi connectivity index (χ3n) is 5.31. The molecule has 0 aliphatic carbocycles. The molecule has 1 aliphatic heterocycles. The molecule has 142 valence electrons. The van der Waals surface area contributed by atoms with E-state index in [4.69, 9.17) is 11.6 Å². The first-order valence-corrected chi connectivity index (χ1v) is 9.91. The van der Waals surface area contributed by atoms with Gasteiger partial charge in [0, 0.05) is 49.2 Å². The van der Waals surface area contributed by atoms with Gasteiger partial charge in [-0.15, -0.1) is 0 Å². The fourth-order valence-electron chi connectivity index (χ4n) is 3.74. The van der Waals surface area contributed by atoms with E-state index in [1.165, 1.54) is 0 Å². The molecule has 1 aromatic heterocycles. The maximum Gasteiger partial charge on any atom is 0.225 e. The minimum absolute atomic E-state index is 0.0605. The lowest BCUT2D eigenvalue weighted by molar-refractivity contribution is -0.134. The molecule has 27 heavy (non-hydrogen) atoms. The highest BCUT2D eigenvalue weighted by Gasteiger charge is 2.28. The predicted molar refractivity (Wildman–Crippen MR) is 109 cm³/mol. The van der Waals surface area contributed by atoms with Crippen LogP contribution in [0.25, 0.3) is 10.9 Å². The van der Waals surface area contributed by atoms with Crippen LogP contribution >= 0.6 is 11.6 Å². The highest BCUT2D eigenvalue weighted by atomic mass is 35.5. The van der Waals surface area contributed by atoms with Crippen molar-refractivity contribution < 1.29 is 4.79 Å². The normalized spacial score (nSPS) is 15.0. The van der Waals surface area contributed by atoms with Crippen LogP contribution in [0.4, 0.5) is 5.69 Å². The maximum atomic E-state index is 12.7. The molecule has 1 saturated heterocycles. The highest BCUT2D eigenvalue weighted by Crippen LogP contribution is 2.34. The minimum atomic E-state index is 0.0605. The second kappa shape index (κ2) is 8.58. The number of amides is 1. The Bertz CT molecular complexity index is 868. The molecule has 2 aromatic rings. The molecule has 1 amide bonds. The third-order valence-corrected chi connectivity index (χ3v) is 5.54. The molecule has 1 fully saturated rings. The molecule has 0 bridgehead atoms. The average Bonchev–Trinajstić information content (AvgIpc) is 2.70. The molecule has 2 heterocycles. The van der Waals surface area contributed by atoms with Gasteiger partial charge in [-0.1, -0.05) is 24.9 Å². The molecule has 3 rings (SSSR count). The van der Waals surface area contributed by atoms with E-state index in [0.717, 1.165) is 61.9 Å². The molecular formula is C21H25ClN4O. The van der Waals surface area contributed by atoms with Gasteiger partial charge in [-0.25, -0.2) is 0 Å². The van der Waals surface area contributed by atoms with Gasteiger partial charge in [0.15, 0.2) is 0 Å². The van der Waals surface area contributed by atoms with E-state index in [0.29, 0.717) is 10.6 Å². The van der Waals surface area contributed by atoms with Crippen molar-refractivity contribution in [1.82, 2.24) is 9.88 Å². The van der Waals surface area contributed by atoms with Crippen LogP contribution < -0.4 is 4.90 Å². The Kier molecular flexibility index (Phi) is 6.18. The van der Waals surface area contributed by atoms with Crippen LogP contribution in [0.15, 0.2) is 24.4 Å². The Hall–Kier alpha value is -2.32. The molecule has 6 heteroatoms. The SMILES string of the molecule is CCCCN(C)C(=O)C1CCN(c2c(C#N)cnc3ccc(Cl)cc23)CC1. The molecule has 0 unspecified atom stereocenters. The minimum Gasteiger partial charge on any atom is -0.370 e. The predicted octanol–water partition coefficient (Wildman–Crippen LogP) is 4.23. The molecule has 5 nitrogen and oxygen atoms in total. The molecule has 0 spiro atoms. The number of rotatable bonds is 5. The second-order valence-electron chi connectivity index (χ2n) is 7.17. The van der Waals surface area contributed by atoms with E-state index < -0.39 is 0 Å². The summed E-state index contributed by atoms with van der Waals surface area (Å²) in [4.78, 5) is 21.1. The van der Waals surface area contributed by atoms with Crippen molar-refractivity contribution in [2.75, 3.05) is 31.6 Å². The summed E-state index contributed by atoms with van der Waals surface area (Å²) in [6.45, 7) is 4.45. The van der Waals surface area contributed by atoms with Crippen molar-refractivity contribution in [3.63, 3.8) is 0 Å². The van der Waals surface area contributed by atoms with Gasteiger partial charge in [-0.05, 0) is 37.5 Å². The van der Waals surface area contributed by atoms with Crippen molar-refractivity contribution in [2.24, 2.45) is 5.92 Å². The molecule has 1 aliphatic rings. The number of nitriles is 1. The number of halogens is 1. The van der Waals surface area contributed by atoms with Crippen molar-refractivity contribution >= 4 is 34.1 Å². The lowest BCUT2D eigenvalue weighted by Gasteiger charge is -2.35. The van der Waals surface area contributed by atoms with Crippen LogP contribution in [0, 0.1) is 17.2 Å². The van der Waals surface area contributed by atoms with Crippen molar-refractivity contribution in [3.8, 4) is 6.07 Å². The molecule has 1 aromatic carbocycles. The fourth-order valence-corrected chi connectivity index (χ4v) is 3.91. The van der Waals surface area contributed by atoms with Gasteiger partial charge >= 0.3 is 0 Å². The summed E-state index contributed by atoms with van der Waals surface area (Å²) in [7, 11) is 1.90. The number of anilines is 1. The summed E-state index contributed by atoms with van der Waals surface area (Å²) in [5.41, 5.74) is 2.26. The maximum absolute atomic E-state index is 12.7. The zero-order valence-corrected chi connectivity index (χ0v) is 16.7. The van der Waals surface area contributed by atoms with Gasteiger partial charge in [-0.2, -0.15) is 5.26 Å². The quantitative estimate of drug-likeness (QED) is 0.773. The Morgan fingerprint density at radius 2 is 2.15 bits per heavy atom. The van der Waals surface area contributed by atoms with E-state index >= 15 is 0 Å². The van der Waals surface area contributed by atoms with Gasteiger partial charge in [0.25, 0.3) is 0 Å². The largest absolute Gasteiger partial charge is 0.370 e. The van der Waals surface area contributed by atoms with Gasteiger partial charge in [0.2, 0.25) is 5.91 Å². The van der Waals surface area contributed by atoms with Gasteiger partial charge < -0.3 is 9.80 Å². The number of carbonyl (C=O) groups is 1.